The number of halogens is 2. The molecule has 0 saturated heterocycles. The quantitative estimate of drug-likeness (QED) is 0.677. The third kappa shape index (κ3) is 3.20. The number of allylic oxidation sites excluding steroid dienone is 1. The van der Waals surface area contributed by atoms with Gasteiger partial charge in [-0.15, -0.1) is 0 Å². The second kappa shape index (κ2) is 5.67. The topological polar surface area (TPSA) is 37.3 Å². The van der Waals surface area contributed by atoms with Crippen LogP contribution < -0.4 is 0 Å². The van der Waals surface area contributed by atoms with Gasteiger partial charge in [-0.2, -0.15) is 0 Å². The Bertz CT molecular complexity index is 650. The molecule has 4 heteroatoms. The Labute approximate surface area is 114 Å². The number of phenolic OH excluding ortho intramolecular Hbond substituents is 1. The van der Waals surface area contributed by atoms with Crippen molar-refractivity contribution in [2.75, 3.05) is 0 Å². The van der Waals surface area contributed by atoms with Crippen LogP contribution in [0.15, 0.2) is 48.5 Å². The third-order valence-electron chi connectivity index (χ3n) is 2.54. The predicted molar refractivity (Wildman–Crippen MR) is 72.9 cm³/mol. The zero-order valence-electron chi connectivity index (χ0n) is 9.81. The second-order valence-electron chi connectivity index (χ2n) is 3.88. The molecule has 0 saturated carbocycles. The SMILES string of the molecule is O=C(C=Cc1ccccc1F)c1cc(Cl)ccc1O. The van der Waals surface area contributed by atoms with Crippen molar-refractivity contribution < 1.29 is 14.3 Å². The number of hydrogen-bond acceptors (Lipinski definition) is 2. The summed E-state index contributed by atoms with van der Waals surface area (Å²) in [5.74, 6) is -1.02. The van der Waals surface area contributed by atoms with Crippen molar-refractivity contribution in [2.45, 2.75) is 0 Å². The van der Waals surface area contributed by atoms with Gasteiger partial charge in [0.15, 0.2) is 5.78 Å². The minimum absolute atomic E-state index is 0.0834. The van der Waals surface area contributed by atoms with Crippen molar-refractivity contribution in [3.8, 4) is 5.75 Å². The van der Waals surface area contributed by atoms with Gasteiger partial charge in [-0.05, 0) is 36.4 Å². The molecule has 0 atom stereocenters. The van der Waals surface area contributed by atoms with Gasteiger partial charge in [0.2, 0.25) is 0 Å². The number of phenols is 1. The molecule has 19 heavy (non-hydrogen) atoms. The van der Waals surface area contributed by atoms with Gasteiger partial charge in [-0.3, -0.25) is 4.79 Å². The van der Waals surface area contributed by atoms with E-state index in [9.17, 15) is 14.3 Å². The Morgan fingerprint density at radius 1 is 1.21 bits per heavy atom. The molecule has 0 amide bonds. The molecule has 2 rings (SSSR count). The fourth-order valence-electron chi connectivity index (χ4n) is 1.57. The van der Waals surface area contributed by atoms with Crippen LogP contribution >= 0.6 is 11.6 Å². The number of rotatable bonds is 3. The number of benzene rings is 2. The van der Waals surface area contributed by atoms with Crippen LogP contribution in [-0.4, -0.2) is 10.9 Å². The summed E-state index contributed by atoms with van der Waals surface area (Å²) in [6.45, 7) is 0. The summed E-state index contributed by atoms with van der Waals surface area (Å²) in [6.07, 6.45) is 2.56. The first-order valence-corrected chi connectivity index (χ1v) is 5.91. The number of carbonyl (C=O) groups excluding carboxylic acids is 1. The van der Waals surface area contributed by atoms with Gasteiger partial charge in [0.05, 0.1) is 5.56 Å². The van der Waals surface area contributed by atoms with Crippen molar-refractivity contribution in [3.63, 3.8) is 0 Å². The average molecular weight is 277 g/mol. The minimum Gasteiger partial charge on any atom is -0.507 e. The summed E-state index contributed by atoms with van der Waals surface area (Å²) < 4.78 is 13.4. The van der Waals surface area contributed by atoms with Crippen LogP contribution in [0.4, 0.5) is 4.39 Å². The van der Waals surface area contributed by atoms with Gasteiger partial charge in [0.25, 0.3) is 0 Å². The normalized spacial score (nSPS) is 10.8. The van der Waals surface area contributed by atoms with Gasteiger partial charge in [-0.1, -0.05) is 29.8 Å². The summed E-state index contributed by atoms with van der Waals surface area (Å²) in [7, 11) is 0. The lowest BCUT2D eigenvalue weighted by Crippen LogP contribution is -1.95. The molecule has 2 aromatic carbocycles. The molecule has 0 aliphatic heterocycles. The second-order valence-corrected chi connectivity index (χ2v) is 4.32. The molecule has 96 valence electrons. The fourth-order valence-corrected chi connectivity index (χ4v) is 1.74. The van der Waals surface area contributed by atoms with E-state index in [2.05, 4.69) is 0 Å². The largest absolute Gasteiger partial charge is 0.507 e. The van der Waals surface area contributed by atoms with Crippen LogP contribution in [0.2, 0.25) is 5.02 Å². The van der Waals surface area contributed by atoms with Crippen molar-refractivity contribution in [1.82, 2.24) is 0 Å². The number of hydrogen-bond donors (Lipinski definition) is 1. The summed E-state index contributed by atoms with van der Waals surface area (Å²) >= 11 is 5.76. The van der Waals surface area contributed by atoms with E-state index in [4.69, 9.17) is 11.6 Å². The standard InChI is InChI=1S/C15H10ClFO2/c16-11-6-8-15(19)12(9-11)14(18)7-5-10-3-1-2-4-13(10)17/h1-9,19H. The van der Waals surface area contributed by atoms with E-state index < -0.39 is 11.6 Å². The van der Waals surface area contributed by atoms with Gasteiger partial charge in [0, 0.05) is 10.6 Å². The van der Waals surface area contributed by atoms with Gasteiger partial charge < -0.3 is 5.11 Å². The average Bonchev–Trinajstić information content (AvgIpc) is 2.40. The molecule has 2 nitrogen and oxygen atoms in total. The summed E-state index contributed by atoms with van der Waals surface area (Å²) in [4.78, 5) is 11.9. The molecule has 0 aliphatic carbocycles. The zero-order valence-corrected chi connectivity index (χ0v) is 10.6. The Balaban J connectivity index is 2.26. The molecule has 0 radical (unpaired) electrons. The first kappa shape index (κ1) is 13.3. The molecule has 2 aromatic rings. The van der Waals surface area contributed by atoms with Gasteiger partial charge in [-0.25, -0.2) is 4.39 Å². The molecule has 1 N–H and O–H groups in total. The highest BCUT2D eigenvalue weighted by Gasteiger charge is 2.09. The van der Waals surface area contributed by atoms with E-state index >= 15 is 0 Å². The number of aromatic hydroxyl groups is 1. The van der Waals surface area contributed by atoms with E-state index in [0.29, 0.717) is 10.6 Å². The third-order valence-corrected chi connectivity index (χ3v) is 2.78. The summed E-state index contributed by atoms with van der Waals surface area (Å²) in [6, 6.07) is 10.3. The van der Waals surface area contributed by atoms with Gasteiger partial charge >= 0.3 is 0 Å². The number of carbonyl (C=O) groups is 1. The maximum atomic E-state index is 13.4. The Hall–Kier alpha value is -2.13. The Morgan fingerprint density at radius 3 is 2.68 bits per heavy atom. The maximum Gasteiger partial charge on any atom is 0.189 e. The minimum atomic E-state index is -0.441. The van der Waals surface area contributed by atoms with Crippen LogP contribution in [0, 0.1) is 5.82 Å². The Morgan fingerprint density at radius 2 is 1.95 bits per heavy atom. The van der Waals surface area contributed by atoms with E-state index in [-0.39, 0.29) is 11.3 Å². The fraction of sp³-hybridized carbons (Fsp3) is 0. The highest BCUT2D eigenvalue weighted by atomic mass is 35.5. The van der Waals surface area contributed by atoms with Crippen molar-refractivity contribution >= 4 is 23.5 Å². The monoisotopic (exact) mass is 276 g/mol. The molecule has 0 aliphatic rings. The molecule has 0 bridgehead atoms. The molecule has 0 heterocycles. The molecule has 0 aromatic heterocycles. The van der Waals surface area contributed by atoms with E-state index in [1.807, 2.05) is 0 Å². The predicted octanol–water partition coefficient (Wildman–Crippen LogP) is 4.08. The summed E-state index contributed by atoms with van der Waals surface area (Å²) in [5, 5.41) is 9.92. The smallest absolute Gasteiger partial charge is 0.189 e. The van der Waals surface area contributed by atoms with E-state index in [1.165, 1.54) is 36.4 Å². The van der Waals surface area contributed by atoms with E-state index in [0.717, 1.165) is 0 Å². The molecule has 0 spiro atoms. The zero-order chi connectivity index (χ0) is 13.8. The maximum absolute atomic E-state index is 13.4. The van der Waals surface area contributed by atoms with Crippen LogP contribution in [-0.2, 0) is 0 Å². The van der Waals surface area contributed by atoms with Crippen molar-refractivity contribution in [3.05, 3.63) is 70.5 Å². The molecule has 0 fully saturated rings. The van der Waals surface area contributed by atoms with Crippen LogP contribution in [0.1, 0.15) is 15.9 Å². The highest BCUT2D eigenvalue weighted by molar-refractivity contribution is 6.31. The van der Waals surface area contributed by atoms with E-state index in [1.54, 1.807) is 18.2 Å². The molecular weight excluding hydrogens is 267 g/mol. The lowest BCUT2D eigenvalue weighted by molar-refractivity contribution is 0.104. The lowest BCUT2D eigenvalue weighted by atomic mass is 10.1. The molecule has 0 unspecified atom stereocenters. The first-order valence-electron chi connectivity index (χ1n) is 5.53. The molecular formula is C15H10ClFO2. The first-order chi connectivity index (χ1) is 9.08. The highest BCUT2D eigenvalue weighted by Crippen LogP contribution is 2.22. The van der Waals surface area contributed by atoms with Crippen LogP contribution in [0.5, 0.6) is 5.75 Å². The van der Waals surface area contributed by atoms with Gasteiger partial charge in [0.1, 0.15) is 11.6 Å². The van der Waals surface area contributed by atoms with Crippen LogP contribution in [0.25, 0.3) is 6.08 Å². The van der Waals surface area contributed by atoms with Crippen LogP contribution in [0.3, 0.4) is 0 Å². The lowest BCUT2D eigenvalue weighted by Gasteiger charge is -2.01. The van der Waals surface area contributed by atoms with Crippen molar-refractivity contribution in [1.29, 1.82) is 0 Å². The van der Waals surface area contributed by atoms with Crippen molar-refractivity contribution in [2.24, 2.45) is 0 Å². The Kier molecular flexibility index (Phi) is 3.97. The summed E-state index contributed by atoms with van der Waals surface area (Å²) in [5.41, 5.74) is 0.387. The number of ketones is 1.